The van der Waals surface area contributed by atoms with E-state index in [1.54, 1.807) is 54.6 Å². The quantitative estimate of drug-likeness (QED) is 0.278. The van der Waals surface area contributed by atoms with Crippen molar-refractivity contribution < 1.29 is 23.1 Å². The zero-order valence-electron chi connectivity index (χ0n) is 16.1. The van der Waals surface area contributed by atoms with Crippen LogP contribution in [0.3, 0.4) is 0 Å². The summed E-state index contributed by atoms with van der Waals surface area (Å²) in [7, 11) is -3.87. The molecule has 0 atom stereocenters. The first-order chi connectivity index (χ1) is 14.9. The lowest BCUT2D eigenvalue weighted by Gasteiger charge is -2.06. The smallest absolute Gasteiger partial charge is 0.321 e. The monoisotopic (exact) mass is 438 g/mol. The minimum atomic E-state index is -3.87. The summed E-state index contributed by atoms with van der Waals surface area (Å²) in [6.45, 7) is -1.25. The van der Waals surface area contributed by atoms with Gasteiger partial charge in [-0.1, -0.05) is 42.5 Å². The molecule has 3 N–H and O–H groups in total. The van der Waals surface area contributed by atoms with Crippen LogP contribution in [0.5, 0.6) is 0 Å². The van der Waals surface area contributed by atoms with Gasteiger partial charge in [0.2, 0.25) is 10.0 Å². The van der Waals surface area contributed by atoms with Gasteiger partial charge in [0.15, 0.2) is 11.6 Å². The number of ether oxygens (including phenoxy) is 1. The molecule has 0 aliphatic rings. The lowest BCUT2D eigenvalue weighted by molar-refractivity contribution is -0.141. The molecule has 0 saturated heterocycles. The zero-order chi connectivity index (χ0) is 22.3. The molecule has 3 aromatic rings. The van der Waals surface area contributed by atoms with Gasteiger partial charge in [0, 0.05) is 5.41 Å². The van der Waals surface area contributed by atoms with E-state index in [1.165, 1.54) is 6.08 Å². The highest BCUT2D eigenvalue weighted by Crippen LogP contribution is 2.18. The number of para-hydroxylation sites is 2. The van der Waals surface area contributed by atoms with Gasteiger partial charge >= 0.3 is 5.97 Å². The second kappa shape index (κ2) is 9.71. The number of aromatic amines is 1. The van der Waals surface area contributed by atoms with Gasteiger partial charge in [-0.3, -0.25) is 4.79 Å². The Hall–Kier alpha value is -3.94. The van der Waals surface area contributed by atoms with Crippen molar-refractivity contribution in [1.82, 2.24) is 14.7 Å². The Morgan fingerprint density at radius 1 is 1.19 bits per heavy atom. The molecule has 0 amide bonds. The Bertz CT molecular complexity index is 1260. The largest absolute Gasteiger partial charge is 0.507 e. The van der Waals surface area contributed by atoms with Crippen molar-refractivity contribution in [2.75, 3.05) is 13.2 Å². The number of imidazole rings is 1. The lowest BCUT2D eigenvalue weighted by Crippen LogP contribution is -2.29. The molecule has 1 heterocycles. The molecule has 1 aromatic heterocycles. The number of benzene rings is 2. The summed E-state index contributed by atoms with van der Waals surface area (Å²) < 4.78 is 30.8. The molecule has 0 spiro atoms. The first-order valence-corrected chi connectivity index (χ1v) is 10.6. The summed E-state index contributed by atoms with van der Waals surface area (Å²) in [5, 5.41) is 20.4. The van der Waals surface area contributed by atoms with Crippen LogP contribution < -0.4 is 4.72 Å². The highest BCUT2D eigenvalue weighted by atomic mass is 32.2. The second-order valence-electron chi connectivity index (χ2n) is 6.28. The van der Waals surface area contributed by atoms with E-state index in [-0.39, 0.29) is 11.4 Å². The molecule has 10 heteroatoms. The van der Waals surface area contributed by atoms with Gasteiger partial charge in [0.1, 0.15) is 24.8 Å². The molecular weight excluding hydrogens is 420 g/mol. The molecule has 0 fully saturated rings. The topological polar surface area (TPSA) is 145 Å². The number of hydrogen-bond acceptors (Lipinski definition) is 7. The van der Waals surface area contributed by atoms with E-state index < -0.39 is 34.9 Å². The molecule has 2 aromatic carbocycles. The summed E-state index contributed by atoms with van der Waals surface area (Å²) in [6.07, 6.45) is 1.38. The molecule has 0 saturated carbocycles. The SMILES string of the molecule is N#C/C(=C(/O)COC(=O)CNS(=O)(=O)/C=C/c1ccccc1)c1nc2ccccc2[nH]1. The number of rotatable bonds is 8. The van der Waals surface area contributed by atoms with Gasteiger partial charge in [-0.25, -0.2) is 18.1 Å². The molecule has 0 unspecified atom stereocenters. The summed E-state index contributed by atoms with van der Waals surface area (Å²) in [5.74, 6) is -1.31. The van der Waals surface area contributed by atoms with Crippen molar-refractivity contribution in [2.24, 2.45) is 0 Å². The van der Waals surface area contributed by atoms with Crippen molar-refractivity contribution in [3.63, 3.8) is 0 Å². The minimum Gasteiger partial charge on any atom is -0.507 e. The number of nitrogens with one attached hydrogen (secondary N) is 2. The summed E-state index contributed by atoms with van der Waals surface area (Å²) in [6, 6.07) is 17.7. The normalized spacial score (nSPS) is 12.5. The molecule has 0 radical (unpaired) electrons. The van der Waals surface area contributed by atoms with Crippen LogP contribution in [0, 0.1) is 11.3 Å². The molecular formula is C21H18N4O5S. The van der Waals surface area contributed by atoms with Crippen LogP contribution in [-0.4, -0.2) is 42.6 Å². The molecule has 9 nitrogen and oxygen atoms in total. The maximum atomic E-state index is 12.0. The zero-order valence-corrected chi connectivity index (χ0v) is 17.0. The number of allylic oxidation sites excluding steroid dienone is 1. The maximum Gasteiger partial charge on any atom is 0.321 e. The number of hydrogen-bond donors (Lipinski definition) is 3. The first kappa shape index (κ1) is 21.8. The van der Waals surface area contributed by atoms with Crippen LogP contribution in [-0.2, 0) is 19.6 Å². The van der Waals surface area contributed by atoms with Crippen molar-refractivity contribution in [3.05, 3.63) is 77.2 Å². The van der Waals surface area contributed by atoms with E-state index >= 15 is 0 Å². The predicted molar refractivity (Wildman–Crippen MR) is 115 cm³/mol. The molecule has 0 bridgehead atoms. The number of nitrogens with zero attached hydrogens (tertiary/aromatic N) is 2. The van der Waals surface area contributed by atoms with Gasteiger partial charge in [0.05, 0.1) is 11.0 Å². The number of esters is 1. The fraction of sp³-hybridized carbons (Fsp3) is 0.0952. The Morgan fingerprint density at radius 3 is 2.61 bits per heavy atom. The first-order valence-electron chi connectivity index (χ1n) is 9.04. The van der Waals surface area contributed by atoms with Gasteiger partial charge in [-0.2, -0.15) is 5.26 Å². The fourth-order valence-corrected chi connectivity index (χ4v) is 3.29. The van der Waals surface area contributed by atoms with Crippen molar-refractivity contribution in [3.8, 4) is 6.07 Å². The number of H-pyrrole nitrogens is 1. The Labute approximate surface area is 178 Å². The standard InChI is InChI=1S/C21H18N4O5S/c22-12-16(21-24-17-8-4-5-9-18(17)25-21)19(26)14-30-20(27)13-23-31(28,29)11-10-15-6-2-1-3-7-15/h1-11,23,26H,13-14H2,(H,24,25)/b11-10+,19-16-. The van der Waals surface area contributed by atoms with E-state index in [9.17, 15) is 23.6 Å². The van der Waals surface area contributed by atoms with Gasteiger partial charge in [0.25, 0.3) is 0 Å². The van der Waals surface area contributed by atoms with Gasteiger partial charge < -0.3 is 14.8 Å². The number of aliphatic hydroxyl groups is 1. The van der Waals surface area contributed by atoms with E-state index in [4.69, 9.17) is 4.74 Å². The maximum absolute atomic E-state index is 12.0. The average Bonchev–Trinajstić information content (AvgIpc) is 3.20. The number of carbonyl (C=O) groups excluding carboxylic acids is 1. The number of sulfonamides is 1. The third kappa shape index (κ3) is 6.02. The molecule has 3 rings (SSSR count). The summed E-state index contributed by atoms with van der Waals surface area (Å²) >= 11 is 0. The van der Waals surface area contributed by atoms with Crippen LogP contribution in [0.15, 0.2) is 65.8 Å². The number of aromatic nitrogens is 2. The van der Waals surface area contributed by atoms with Gasteiger partial charge in [-0.05, 0) is 23.8 Å². The third-order valence-electron chi connectivity index (χ3n) is 4.05. The lowest BCUT2D eigenvalue weighted by atomic mass is 10.2. The summed E-state index contributed by atoms with van der Waals surface area (Å²) in [4.78, 5) is 19.0. The minimum absolute atomic E-state index is 0.129. The number of aliphatic hydroxyl groups excluding tert-OH is 1. The average molecular weight is 438 g/mol. The van der Waals surface area contributed by atoms with Crippen LogP contribution in [0.4, 0.5) is 0 Å². The predicted octanol–water partition coefficient (Wildman–Crippen LogP) is 2.49. The Balaban J connectivity index is 1.57. The fourth-order valence-electron chi connectivity index (χ4n) is 2.54. The van der Waals surface area contributed by atoms with Crippen LogP contribution in [0.2, 0.25) is 0 Å². The van der Waals surface area contributed by atoms with E-state index in [1.807, 2.05) is 6.07 Å². The number of nitriles is 1. The van der Waals surface area contributed by atoms with Crippen LogP contribution in [0.25, 0.3) is 22.7 Å². The van der Waals surface area contributed by atoms with Crippen LogP contribution >= 0.6 is 0 Å². The highest BCUT2D eigenvalue weighted by molar-refractivity contribution is 7.92. The third-order valence-corrected chi connectivity index (χ3v) is 5.09. The summed E-state index contributed by atoms with van der Waals surface area (Å²) in [5.41, 5.74) is 1.77. The van der Waals surface area contributed by atoms with Crippen LogP contribution in [0.1, 0.15) is 11.4 Å². The molecule has 0 aliphatic carbocycles. The van der Waals surface area contributed by atoms with E-state index in [0.29, 0.717) is 16.6 Å². The molecule has 0 aliphatic heterocycles. The van der Waals surface area contributed by atoms with Crippen molar-refractivity contribution in [1.29, 1.82) is 5.26 Å². The van der Waals surface area contributed by atoms with Gasteiger partial charge in [-0.15, -0.1) is 0 Å². The molecule has 31 heavy (non-hydrogen) atoms. The molecule has 158 valence electrons. The number of fused-ring (bicyclic) bond motifs is 1. The number of carbonyl (C=O) groups is 1. The van der Waals surface area contributed by atoms with Crippen molar-refractivity contribution in [2.45, 2.75) is 0 Å². The van der Waals surface area contributed by atoms with E-state index in [0.717, 1.165) is 5.41 Å². The Kier molecular flexibility index (Phi) is 6.81. The highest BCUT2D eigenvalue weighted by Gasteiger charge is 2.16. The van der Waals surface area contributed by atoms with Crippen molar-refractivity contribution >= 4 is 38.7 Å². The van der Waals surface area contributed by atoms with E-state index in [2.05, 4.69) is 14.7 Å². The second-order valence-corrected chi connectivity index (χ2v) is 7.93. The Morgan fingerprint density at radius 2 is 1.90 bits per heavy atom.